The Hall–Kier alpha value is -1.03. The molecule has 2 rings (SSSR count). The summed E-state index contributed by atoms with van der Waals surface area (Å²) < 4.78 is 0. The van der Waals surface area contributed by atoms with Crippen LogP contribution in [0.2, 0.25) is 0 Å². The maximum atomic E-state index is 6.35. The Kier molecular flexibility index (Phi) is 4.27. The number of aromatic nitrogens is 2. The zero-order chi connectivity index (χ0) is 13.1. The molecule has 1 fully saturated rings. The van der Waals surface area contributed by atoms with E-state index in [1.165, 1.54) is 12.8 Å². The highest BCUT2D eigenvalue weighted by molar-refractivity contribution is 6.21. The summed E-state index contributed by atoms with van der Waals surface area (Å²) in [6.45, 7) is 1.99. The van der Waals surface area contributed by atoms with Crippen LogP contribution >= 0.6 is 11.6 Å². The van der Waals surface area contributed by atoms with Gasteiger partial charge < -0.3 is 10.2 Å². The van der Waals surface area contributed by atoms with Gasteiger partial charge in [0.1, 0.15) is 5.82 Å². The van der Waals surface area contributed by atoms with Crippen molar-refractivity contribution in [3.63, 3.8) is 0 Å². The first-order valence-electron chi connectivity index (χ1n) is 6.50. The van der Waals surface area contributed by atoms with Crippen LogP contribution in [-0.2, 0) is 0 Å². The zero-order valence-corrected chi connectivity index (χ0v) is 12.0. The first-order chi connectivity index (χ1) is 8.56. The molecule has 1 aliphatic carbocycles. The first kappa shape index (κ1) is 13.4. The zero-order valence-electron chi connectivity index (χ0n) is 11.3. The first-order valence-corrected chi connectivity index (χ1v) is 6.93. The summed E-state index contributed by atoms with van der Waals surface area (Å²) in [7, 11) is 3.97. The van der Waals surface area contributed by atoms with E-state index < -0.39 is 0 Å². The van der Waals surface area contributed by atoms with Gasteiger partial charge in [-0.2, -0.15) is 4.98 Å². The van der Waals surface area contributed by atoms with Gasteiger partial charge in [-0.15, -0.1) is 11.6 Å². The molecule has 1 aliphatic rings. The van der Waals surface area contributed by atoms with Gasteiger partial charge in [0.15, 0.2) is 0 Å². The molecule has 1 N–H and O–H groups in total. The molecule has 4 nitrogen and oxygen atoms in total. The second-order valence-corrected chi connectivity index (χ2v) is 5.70. The standard InChI is InChI=1S/C13H21ClN4/c1-9-8-12(18(2)3)17-13(15-9)16-11-7-5-4-6-10(11)14/h8,10-11H,4-7H2,1-3H3,(H,15,16,17). The number of hydrogen-bond acceptors (Lipinski definition) is 4. The van der Waals surface area contributed by atoms with Crippen molar-refractivity contribution in [2.75, 3.05) is 24.3 Å². The van der Waals surface area contributed by atoms with Crippen molar-refractivity contribution in [3.8, 4) is 0 Å². The average Bonchev–Trinajstić information content (AvgIpc) is 2.31. The number of alkyl halides is 1. The van der Waals surface area contributed by atoms with Crippen molar-refractivity contribution >= 4 is 23.4 Å². The quantitative estimate of drug-likeness (QED) is 0.856. The van der Waals surface area contributed by atoms with Crippen LogP contribution in [0.5, 0.6) is 0 Å². The molecule has 1 aromatic rings. The Morgan fingerprint density at radius 3 is 2.67 bits per heavy atom. The van der Waals surface area contributed by atoms with E-state index in [0.29, 0.717) is 5.95 Å². The van der Waals surface area contributed by atoms with Crippen LogP contribution in [0.25, 0.3) is 0 Å². The second-order valence-electron chi connectivity index (χ2n) is 5.14. The minimum Gasteiger partial charge on any atom is -0.363 e. The number of nitrogens with zero attached hydrogens (tertiary/aromatic N) is 3. The predicted molar refractivity (Wildman–Crippen MR) is 76.6 cm³/mol. The van der Waals surface area contributed by atoms with Crippen molar-refractivity contribution < 1.29 is 0 Å². The fraction of sp³-hybridized carbons (Fsp3) is 0.692. The molecule has 1 saturated carbocycles. The fourth-order valence-corrected chi connectivity index (χ4v) is 2.60. The summed E-state index contributed by atoms with van der Waals surface area (Å²) >= 11 is 6.35. The van der Waals surface area contributed by atoms with E-state index in [0.717, 1.165) is 24.4 Å². The molecule has 2 atom stereocenters. The monoisotopic (exact) mass is 268 g/mol. The Bertz CT molecular complexity index is 408. The van der Waals surface area contributed by atoms with Crippen molar-refractivity contribution in [2.45, 2.75) is 44.0 Å². The lowest BCUT2D eigenvalue weighted by Crippen LogP contribution is -2.33. The van der Waals surface area contributed by atoms with E-state index in [1.807, 2.05) is 32.0 Å². The van der Waals surface area contributed by atoms with Gasteiger partial charge in [-0.05, 0) is 19.8 Å². The summed E-state index contributed by atoms with van der Waals surface area (Å²) in [5.41, 5.74) is 0.970. The second kappa shape index (κ2) is 5.74. The lowest BCUT2D eigenvalue weighted by Gasteiger charge is -2.28. The lowest BCUT2D eigenvalue weighted by atomic mass is 9.95. The number of anilines is 2. The van der Waals surface area contributed by atoms with Crippen LogP contribution < -0.4 is 10.2 Å². The molecule has 0 radical (unpaired) electrons. The molecule has 0 saturated heterocycles. The Morgan fingerprint density at radius 1 is 1.28 bits per heavy atom. The predicted octanol–water partition coefficient (Wildman–Crippen LogP) is 2.81. The molecule has 0 amide bonds. The third-order valence-corrected chi connectivity index (χ3v) is 3.82. The maximum Gasteiger partial charge on any atom is 0.225 e. The van der Waals surface area contributed by atoms with Crippen LogP contribution in [-0.4, -0.2) is 35.5 Å². The molecule has 18 heavy (non-hydrogen) atoms. The highest BCUT2D eigenvalue weighted by Gasteiger charge is 2.23. The Labute approximate surface area is 114 Å². The number of rotatable bonds is 3. The highest BCUT2D eigenvalue weighted by Crippen LogP contribution is 2.25. The number of hydrogen-bond donors (Lipinski definition) is 1. The van der Waals surface area contributed by atoms with Crippen LogP contribution in [0, 0.1) is 6.92 Å². The molecule has 0 aliphatic heterocycles. The van der Waals surface area contributed by atoms with E-state index in [4.69, 9.17) is 11.6 Å². The summed E-state index contributed by atoms with van der Waals surface area (Å²) in [4.78, 5) is 10.9. The van der Waals surface area contributed by atoms with Gasteiger partial charge in [-0.3, -0.25) is 0 Å². The molecule has 5 heteroatoms. The smallest absolute Gasteiger partial charge is 0.225 e. The number of aryl methyl sites for hydroxylation is 1. The minimum atomic E-state index is 0.186. The van der Waals surface area contributed by atoms with E-state index in [9.17, 15) is 0 Å². The van der Waals surface area contributed by atoms with Crippen molar-refractivity contribution in [3.05, 3.63) is 11.8 Å². The van der Waals surface area contributed by atoms with E-state index in [1.54, 1.807) is 0 Å². The normalized spacial score (nSPS) is 23.8. The van der Waals surface area contributed by atoms with Gasteiger partial charge in [-0.1, -0.05) is 12.8 Å². The van der Waals surface area contributed by atoms with Gasteiger partial charge in [0, 0.05) is 31.9 Å². The average molecular weight is 269 g/mol. The van der Waals surface area contributed by atoms with Gasteiger partial charge >= 0.3 is 0 Å². The molecule has 2 unspecified atom stereocenters. The van der Waals surface area contributed by atoms with Gasteiger partial charge in [-0.25, -0.2) is 4.98 Å². The topological polar surface area (TPSA) is 41.1 Å². The van der Waals surface area contributed by atoms with Crippen molar-refractivity contribution in [1.82, 2.24) is 9.97 Å². The Morgan fingerprint density at radius 2 is 2.00 bits per heavy atom. The fourth-order valence-electron chi connectivity index (χ4n) is 2.26. The number of nitrogens with one attached hydrogen (secondary N) is 1. The summed E-state index contributed by atoms with van der Waals surface area (Å²) in [6.07, 6.45) is 4.63. The van der Waals surface area contributed by atoms with Crippen molar-refractivity contribution in [1.29, 1.82) is 0 Å². The van der Waals surface area contributed by atoms with Crippen LogP contribution in [0.4, 0.5) is 11.8 Å². The molecule has 0 bridgehead atoms. The van der Waals surface area contributed by atoms with E-state index >= 15 is 0 Å². The van der Waals surface area contributed by atoms with Crippen LogP contribution in [0.3, 0.4) is 0 Å². The summed E-state index contributed by atoms with van der Waals surface area (Å²) in [5.74, 6) is 1.61. The van der Waals surface area contributed by atoms with Gasteiger partial charge in [0.25, 0.3) is 0 Å². The highest BCUT2D eigenvalue weighted by atomic mass is 35.5. The van der Waals surface area contributed by atoms with E-state index in [-0.39, 0.29) is 11.4 Å². The third kappa shape index (κ3) is 3.25. The van der Waals surface area contributed by atoms with E-state index in [2.05, 4.69) is 15.3 Å². The molecular weight excluding hydrogens is 248 g/mol. The van der Waals surface area contributed by atoms with Gasteiger partial charge in [0.2, 0.25) is 5.95 Å². The molecule has 100 valence electrons. The van der Waals surface area contributed by atoms with Crippen LogP contribution in [0.1, 0.15) is 31.4 Å². The van der Waals surface area contributed by atoms with Gasteiger partial charge in [0.05, 0.1) is 5.38 Å². The maximum absolute atomic E-state index is 6.35. The minimum absolute atomic E-state index is 0.186. The summed E-state index contributed by atoms with van der Waals surface area (Å²) in [5, 5.41) is 3.57. The lowest BCUT2D eigenvalue weighted by molar-refractivity contribution is 0.467. The summed E-state index contributed by atoms with van der Waals surface area (Å²) in [6, 6.07) is 2.27. The largest absolute Gasteiger partial charge is 0.363 e. The molecular formula is C13H21ClN4. The Balaban J connectivity index is 2.12. The molecule has 0 spiro atoms. The molecule has 0 aromatic carbocycles. The molecule has 1 heterocycles. The van der Waals surface area contributed by atoms with Crippen LogP contribution in [0.15, 0.2) is 6.07 Å². The SMILES string of the molecule is Cc1cc(N(C)C)nc(NC2CCCCC2Cl)n1. The molecule has 1 aromatic heterocycles. The third-order valence-electron chi connectivity index (χ3n) is 3.30. The number of halogens is 1. The van der Waals surface area contributed by atoms with Crippen molar-refractivity contribution in [2.24, 2.45) is 0 Å².